The Morgan fingerprint density at radius 1 is 1.11 bits per heavy atom. The van der Waals surface area contributed by atoms with Crippen molar-refractivity contribution in [3.63, 3.8) is 0 Å². The zero-order valence-corrected chi connectivity index (χ0v) is 17.9. The van der Waals surface area contributed by atoms with Crippen molar-refractivity contribution in [2.75, 3.05) is 18.4 Å². The predicted molar refractivity (Wildman–Crippen MR) is 112 cm³/mol. The molecule has 0 aromatic heterocycles. The molecule has 0 aliphatic carbocycles. The summed E-state index contributed by atoms with van der Waals surface area (Å²) in [6.07, 6.45) is 1.32. The van der Waals surface area contributed by atoms with Crippen LogP contribution < -0.4 is 5.32 Å². The van der Waals surface area contributed by atoms with E-state index >= 15 is 0 Å². The van der Waals surface area contributed by atoms with Crippen molar-refractivity contribution in [2.24, 2.45) is 5.92 Å². The number of nitrogens with one attached hydrogen (secondary N) is 1. The predicted octanol–water partition coefficient (Wildman–Crippen LogP) is 4.30. The molecular formula is C21H25ClN2O3S. The molecule has 0 radical (unpaired) electrons. The Bertz CT molecular complexity index is 964. The molecule has 1 aliphatic heterocycles. The molecule has 28 heavy (non-hydrogen) atoms. The molecule has 150 valence electrons. The monoisotopic (exact) mass is 420 g/mol. The van der Waals surface area contributed by atoms with Crippen LogP contribution >= 0.6 is 11.6 Å². The molecule has 1 atom stereocenters. The van der Waals surface area contributed by atoms with Gasteiger partial charge in [0.25, 0.3) is 0 Å². The second-order valence-electron chi connectivity index (χ2n) is 7.43. The number of aryl methyl sites for hydroxylation is 3. The van der Waals surface area contributed by atoms with Gasteiger partial charge >= 0.3 is 0 Å². The van der Waals surface area contributed by atoms with E-state index in [9.17, 15) is 13.2 Å². The van der Waals surface area contributed by atoms with Crippen LogP contribution in [0.15, 0.2) is 41.3 Å². The quantitative estimate of drug-likeness (QED) is 0.801. The van der Waals surface area contributed by atoms with Gasteiger partial charge in [-0.2, -0.15) is 4.31 Å². The maximum absolute atomic E-state index is 13.3. The third-order valence-electron chi connectivity index (χ3n) is 5.07. The smallest absolute Gasteiger partial charge is 0.243 e. The van der Waals surface area contributed by atoms with Crippen molar-refractivity contribution in [2.45, 2.75) is 38.5 Å². The summed E-state index contributed by atoms with van der Waals surface area (Å²) in [5.74, 6) is -0.551. The summed E-state index contributed by atoms with van der Waals surface area (Å²) < 4.78 is 28.0. The van der Waals surface area contributed by atoms with E-state index in [-0.39, 0.29) is 18.4 Å². The van der Waals surface area contributed by atoms with E-state index in [0.717, 1.165) is 16.7 Å². The number of sulfonamides is 1. The van der Waals surface area contributed by atoms with Gasteiger partial charge < -0.3 is 5.32 Å². The van der Waals surface area contributed by atoms with Crippen molar-refractivity contribution in [1.82, 2.24) is 4.31 Å². The fraction of sp³-hybridized carbons (Fsp3) is 0.381. The Balaban J connectivity index is 1.79. The summed E-state index contributed by atoms with van der Waals surface area (Å²) in [4.78, 5) is 13.0. The van der Waals surface area contributed by atoms with E-state index in [2.05, 4.69) is 5.32 Å². The molecule has 0 spiro atoms. The first kappa shape index (κ1) is 20.8. The first-order chi connectivity index (χ1) is 13.2. The molecule has 1 heterocycles. The average molecular weight is 421 g/mol. The third kappa shape index (κ3) is 4.40. The lowest BCUT2D eigenvalue weighted by Crippen LogP contribution is -2.44. The fourth-order valence-corrected chi connectivity index (χ4v) is 5.92. The molecule has 2 aromatic carbocycles. The van der Waals surface area contributed by atoms with E-state index in [1.165, 1.54) is 4.31 Å². The molecule has 2 aromatic rings. The average Bonchev–Trinajstić information content (AvgIpc) is 2.62. The van der Waals surface area contributed by atoms with Crippen LogP contribution in [0.5, 0.6) is 0 Å². The second-order valence-corrected chi connectivity index (χ2v) is 9.74. The number of rotatable bonds is 4. The summed E-state index contributed by atoms with van der Waals surface area (Å²) in [5.41, 5.74) is 3.17. The Morgan fingerprint density at radius 3 is 2.32 bits per heavy atom. The zero-order valence-electron chi connectivity index (χ0n) is 16.3. The molecule has 0 bridgehead atoms. The summed E-state index contributed by atoms with van der Waals surface area (Å²) in [5, 5.41) is 3.46. The van der Waals surface area contributed by atoms with Gasteiger partial charge in [-0.3, -0.25) is 4.79 Å². The lowest BCUT2D eigenvalue weighted by atomic mass is 9.99. The van der Waals surface area contributed by atoms with Crippen LogP contribution in [0.2, 0.25) is 5.02 Å². The number of anilines is 1. The van der Waals surface area contributed by atoms with Gasteiger partial charge in [-0.25, -0.2) is 8.42 Å². The number of nitrogens with zero attached hydrogens (tertiary/aromatic N) is 1. The zero-order chi connectivity index (χ0) is 20.5. The topological polar surface area (TPSA) is 66.5 Å². The van der Waals surface area contributed by atoms with E-state index in [1.54, 1.807) is 24.3 Å². The van der Waals surface area contributed by atoms with Crippen molar-refractivity contribution in [1.29, 1.82) is 0 Å². The molecular weight excluding hydrogens is 396 g/mol. The molecule has 5 nitrogen and oxygen atoms in total. The molecule has 1 N–H and O–H groups in total. The van der Waals surface area contributed by atoms with Gasteiger partial charge in [-0.1, -0.05) is 29.3 Å². The number of halogens is 1. The van der Waals surface area contributed by atoms with Crippen molar-refractivity contribution < 1.29 is 13.2 Å². The number of benzene rings is 2. The fourth-order valence-electron chi connectivity index (χ4n) is 3.86. The third-order valence-corrected chi connectivity index (χ3v) is 7.49. The van der Waals surface area contributed by atoms with E-state index in [4.69, 9.17) is 11.6 Å². The second kappa shape index (κ2) is 8.23. The van der Waals surface area contributed by atoms with Crippen LogP contribution in [0.1, 0.15) is 29.5 Å². The lowest BCUT2D eigenvalue weighted by Gasteiger charge is -2.32. The van der Waals surface area contributed by atoms with Gasteiger partial charge in [0.15, 0.2) is 0 Å². The Hall–Kier alpha value is -1.89. The molecule has 7 heteroatoms. The van der Waals surface area contributed by atoms with Gasteiger partial charge in [-0.15, -0.1) is 0 Å². The summed E-state index contributed by atoms with van der Waals surface area (Å²) >= 11 is 5.87. The van der Waals surface area contributed by atoms with Crippen LogP contribution in [0.4, 0.5) is 5.69 Å². The number of hydrogen-bond acceptors (Lipinski definition) is 3. The maximum Gasteiger partial charge on any atom is 0.243 e. The highest BCUT2D eigenvalue weighted by Crippen LogP contribution is 2.29. The highest BCUT2D eigenvalue weighted by atomic mass is 35.5. The number of carbonyl (C=O) groups excluding carboxylic acids is 1. The molecule has 1 amide bonds. The molecule has 3 rings (SSSR count). The lowest BCUT2D eigenvalue weighted by molar-refractivity contribution is -0.120. The molecule has 1 saturated heterocycles. The first-order valence-corrected chi connectivity index (χ1v) is 11.1. The van der Waals surface area contributed by atoms with Gasteiger partial charge in [0.05, 0.1) is 10.8 Å². The number of amides is 1. The van der Waals surface area contributed by atoms with Crippen LogP contribution in [0, 0.1) is 26.7 Å². The highest BCUT2D eigenvalue weighted by Gasteiger charge is 2.34. The Labute approximate surface area is 171 Å². The van der Waals surface area contributed by atoms with Gasteiger partial charge in [-0.05, 0) is 69.0 Å². The molecule has 1 aliphatic rings. The van der Waals surface area contributed by atoms with Crippen molar-refractivity contribution in [3.05, 3.63) is 58.1 Å². The van der Waals surface area contributed by atoms with Crippen LogP contribution in [0.25, 0.3) is 0 Å². The normalized spacial score (nSPS) is 18.1. The van der Waals surface area contributed by atoms with Crippen LogP contribution in [0.3, 0.4) is 0 Å². The summed E-state index contributed by atoms with van der Waals surface area (Å²) in [6, 6.07) is 10.6. The Kier molecular flexibility index (Phi) is 6.12. The molecule has 0 unspecified atom stereocenters. The first-order valence-electron chi connectivity index (χ1n) is 9.33. The van der Waals surface area contributed by atoms with E-state index < -0.39 is 10.0 Å². The minimum Gasteiger partial charge on any atom is -0.326 e. The molecule has 1 fully saturated rings. The van der Waals surface area contributed by atoms with Crippen molar-refractivity contribution >= 4 is 33.2 Å². The Morgan fingerprint density at radius 2 is 1.71 bits per heavy atom. The number of piperidine rings is 1. The minimum absolute atomic E-state index is 0.167. The number of hydrogen-bond donors (Lipinski definition) is 1. The standard InChI is InChI=1S/C21H25ClN2O3S/c1-14-11-15(2)20(16(3)12-14)28(26,27)24-10-4-5-17(13-24)21(25)23-19-8-6-18(22)7-9-19/h6-9,11-12,17H,4-5,10,13H2,1-3H3,(H,23,25)/t17-/m1/s1. The maximum atomic E-state index is 13.3. The van der Waals surface area contributed by atoms with Crippen molar-refractivity contribution in [3.8, 4) is 0 Å². The number of carbonyl (C=O) groups is 1. The summed E-state index contributed by atoms with van der Waals surface area (Å²) in [6.45, 7) is 6.21. The van der Waals surface area contributed by atoms with Gasteiger partial charge in [0.1, 0.15) is 0 Å². The van der Waals surface area contributed by atoms with Crippen LogP contribution in [-0.4, -0.2) is 31.7 Å². The van der Waals surface area contributed by atoms with Gasteiger partial charge in [0, 0.05) is 23.8 Å². The van der Waals surface area contributed by atoms with Crippen LogP contribution in [-0.2, 0) is 14.8 Å². The largest absolute Gasteiger partial charge is 0.326 e. The highest BCUT2D eigenvalue weighted by molar-refractivity contribution is 7.89. The summed E-state index contributed by atoms with van der Waals surface area (Å²) in [7, 11) is -3.65. The SMILES string of the molecule is Cc1cc(C)c(S(=O)(=O)N2CCC[C@@H](C(=O)Nc3ccc(Cl)cc3)C2)c(C)c1. The van der Waals surface area contributed by atoms with E-state index in [0.29, 0.717) is 35.0 Å². The van der Waals surface area contributed by atoms with E-state index in [1.807, 2.05) is 32.9 Å². The van der Waals surface area contributed by atoms with Gasteiger partial charge in [0.2, 0.25) is 15.9 Å². The minimum atomic E-state index is -3.65. The molecule has 0 saturated carbocycles.